The highest BCUT2D eigenvalue weighted by molar-refractivity contribution is 7.99. The van der Waals surface area contributed by atoms with E-state index >= 15 is 0 Å². The molecule has 0 aliphatic rings. The van der Waals surface area contributed by atoms with Crippen molar-refractivity contribution in [2.75, 3.05) is 14.1 Å². The first kappa shape index (κ1) is 20.6. The van der Waals surface area contributed by atoms with Crippen LogP contribution in [-0.4, -0.2) is 33.8 Å². The van der Waals surface area contributed by atoms with Crippen molar-refractivity contribution in [1.29, 1.82) is 0 Å². The lowest BCUT2D eigenvalue weighted by molar-refractivity contribution is 0.272. The van der Waals surface area contributed by atoms with Crippen LogP contribution in [0.2, 0.25) is 0 Å². The lowest BCUT2D eigenvalue weighted by Crippen LogP contribution is -2.23. The van der Waals surface area contributed by atoms with E-state index in [1.165, 1.54) is 17.7 Å². The number of nitrogens with zero attached hydrogens (tertiary/aromatic N) is 4. The summed E-state index contributed by atoms with van der Waals surface area (Å²) in [5.74, 6) is 0.761. The fraction of sp³-hybridized carbons (Fsp3) is 0.364. The van der Waals surface area contributed by atoms with Gasteiger partial charge in [-0.05, 0) is 50.7 Å². The summed E-state index contributed by atoms with van der Waals surface area (Å²) in [5, 5.41) is 10.1. The van der Waals surface area contributed by atoms with Gasteiger partial charge in [0.2, 0.25) is 0 Å². The molecule has 6 heteroatoms. The van der Waals surface area contributed by atoms with E-state index in [0.717, 1.165) is 29.5 Å². The number of aromatic nitrogens is 3. The molecule has 0 bridgehead atoms. The Morgan fingerprint density at radius 1 is 1.04 bits per heavy atom. The van der Waals surface area contributed by atoms with Gasteiger partial charge in [-0.25, -0.2) is 4.39 Å². The molecule has 0 fully saturated rings. The third-order valence-corrected chi connectivity index (χ3v) is 6.00. The van der Waals surface area contributed by atoms with E-state index in [1.54, 1.807) is 11.8 Å². The van der Waals surface area contributed by atoms with Crippen molar-refractivity contribution in [1.82, 2.24) is 19.7 Å². The predicted octanol–water partition coefficient (Wildman–Crippen LogP) is 5.33. The van der Waals surface area contributed by atoms with Gasteiger partial charge in [0, 0.05) is 5.25 Å². The largest absolute Gasteiger partial charge is 0.300 e. The van der Waals surface area contributed by atoms with Gasteiger partial charge in [0.05, 0.1) is 12.6 Å². The third kappa shape index (κ3) is 4.80. The molecule has 0 radical (unpaired) electrons. The Balaban J connectivity index is 1.93. The molecule has 0 N–H and O–H groups in total. The molecule has 4 nitrogen and oxygen atoms in total. The first-order valence-corrected chi connectivity index (χ1v) is 10.4. The highest BCUT2D eigenvalue weighted by Gasteiger charge is 2.23. The van der Waals surface area contributed by atoms with Gasteiger partial charge in [0.15, 0.2) is 11.0 Å². The average Bonchev–Trinajstić information content (AvgIpc) is 3.05. The van der Waals surface area contributed by atoms with Crippen molar-refractivity contribution in [3.05, 3.63) is 77.4 Å². The number of rotatable bonds is 8. The van der Waals surface area contributed by atoms with Crippen LogP contribution in [0.25, 0.3) is 0 Å². The molecule has 0 aliphatic carbocycles. The van der Waals surface area contributed by atoms with Crippen LogP contribution in [0.5, 0.6) is 0 Å². The minimum absolute atomic E-state index is 0.145. The van der Waals surface area contributed by atoms with E-state index in [-0.39, 0.29) is 17.1 Å². The first-order valence-electron chi connectivity index (χ1n) is 9.55. The second-order valence-electron chi connectivity index (χ2n) is 7.11. The summed E-state index contributed by atoms with van der Waals surface area (Å²) < 4.78 is 15.5. The van der Waals surface area contributed by atoms with Crippen LogP contribution in [0.3, 0.4) is 0 Å². The number of hydrogen-bond donors (Lipinski definition) is 0. The quantitative estimate of drug-likeness (QED) is 0.480. The number of thioether (sulfide) groups is 1. The Labute approximate surface area is 170 Å². The van der Waals surface area contributed by atoms with Crippen LogP contribution in [0.15, 0.2) is 59.8 Å². The lowest BCUT2D eigenvalue weighted by Gasteiger charge is -2.23. The van der Waals surface area contributed by atoms with Crippen LogP contribution in [0.1, 0.15) is 48.5 Å². The summed E-state index contributed by atoms with van der Waals surface area (Å²) in [6.07, 6.45) is 0.956. The summed E-state index contributed by atoms with van der Waals surface area (Å²) in [5.41, 5.74) is 2.29. The maximum absolute atomic E-state index is 13.3. The molecular weight excluding hydrogens is 371 g/mol. The van der Waals surface area contributed by atoms with Crippen molar-refractivity contribution in [3.8, 4) is 0 Å². The SMILES string of the molecule is CC[C@H](c1nnc(S[C@H](C)c2ccc(F)cc2)n1Cc1ccccc1)N(C)C. The fourth-order valence-corrected chi connectivity index (χ4v) is 4.27. The van der Waals surface area contributed by atoms with Crippen molar-refractivity contribution < 1.29 is 4.39 Å². The van der Waals surface area contributed by atoms with Gasteiger partial charge >= 0.3 is 0 Å². The molecule has 2 atom stereocenters. The molecule has 0 aliphatic heterocycles. The van der Waals surface area contributed by atoms with Crippen molar-refractivity contribution >= 4 is 11.8 Å². The van der Waals surface area contributed by atoms with Gasteiger partial charge in [-0.15, -0.1) is 10.2 Å². The highest BCUT2D eigenvalue weighted by atomic mass is 32.2. The van der Waals surface area contributed by atoms with E-state index in [9.17, 15) is 4.39 Å². The Kier molecular flexibility index (Phi) is 6.86. The second kappa shape index (κ2) is 9.34. The van der Waals surface area contributed by atoms with Crippen LogP contribution in [0, 0.1) is 5.82 Å². The molecular formula is C22H27FN4S. The lowest BCUT2D eigenvalue weighted by atomic mass is 10.2. The molecule has 0 saturated carbocycles. The third-order valence-electron chi connectivity index (χ3n) is 4.86. The number of benzene rings is 2. The van der Waals surface area contributed by atoms with E-state index in [4.69, 9.17) is 0 Å². The molecule has 1 heterocycles. The molecule has 3 rings (SSSR count). The Hall–Kier alpha value is -2.18. The topological polar surface area (TPSA) is 34.0 Å². The number of hydrogen-bond acceptors (Lipinski definition) is 4. The van der Waals surface area contributed by atoms with E-state index < -0.39 is 0 Å². The normalized spacial score (nSPS) is 13.6. The average molecular weight is 399 g/mol. The molecule has 3 aromatic rings. The molecule has 0 unspecified atom stereocenters. The summed E-state index contributed by atoms with van der Waals surface area (Å²) in [6, 6.07) is 17.3. The van der Waals surface area contributed by atoms with Crippen LogP contribution in [-0.2, 0) is 6.54 Å². The minimum Gasteiger partial charge on any atom is -0.300 e. The maximum Gasteiger partial charge on any atom is 0.192 e. The predicted molar refractivity (Wildman–Crippen MR) is 113 cm³/mol. The summed E-state index contributed by atoms with van der Waals surface area (Å²) in [7, 11) is 4.15. The molecule has 148 valence electrons. The highest BCUT2D eigenvalue weighted by Crippen LogP contribution is 2.35. The van der Waals surface area contributed by atoms with E-state index in [2.05, 4.69) is 71.9 Å². The van der Waals surface area contributed by atoms with Crippen molar-refractivity contribution in [2.45, 2.75) is 43.3 Å². The van der Waals surface area contributed by atoms with Gasteiger partial charge in [-0.2, -0.15) is 0 Å². The Morgan fingerprint density at radius 3 is 2.32 bits per heavy atom. The Morgan fingerprint density at radius 2 is 1.71 bits per heavy atom. The zero-order valence-corrected chi connectivity index (χ0v) is 17.7. The first-order chi connectivity index (χ1) is 13.5. The molecule has 0 amide bonds. The molecule has 1 aromatic heterocycles. The molecule has 0 spiro atoms. The van der Waals surface area contributed by atoms with Crippen LogP contribution < -0.4 is 0 Å². The van der Waals surface area contributed by atoms with Gasteiger partial charge in [0.25, 0.3) is 0 Å². The minimum atomic E-state index is -0.216. The van der Waals surface area contributed by atoms with Gasteiger partial charge < -0.3 is 4.57 Å². The van der Waals surface area contributed by atoms with Gasteiger partial charge in [-0.1, -0.05) is 61.2 Å². The molecule has 0 saturated heterocycles. The smallest absolute Gasteiger partial charge is 0.192 e. The summed E-state index contributed by atoms with van der Waals surface area (Å²) in [6.45, 7) is 5.01. The zero-order valence-electron chi connectivity index (χ0n) is 16.8. The van der Waals surface area contributed by atoms with Crippen molar-refractivity contribution in [2.24, 2.45) is 0 Å². The van der Waals surface area contributed by atoms with Crippen molar-refractivity contribution in [3.63, 3.8) is 0 Å². The summed E-state index contributed by atoms with van der Waals surface area (Å²) >= 11 is 1.66. The van der Waals surface area contributed by atoms with Crippen LogP contribution in [0.4, 0.5) is 4.39 Å². The summed E-state index contributed by atoms with van der Waals surface area (Å²) in [4.78, 5) is 2.18. The van der Waals surface area contributed by atoms with Crippen LogP contribution >= 0.6 is 11.8 Å². The maximum atomic E-state index is 13.3. The monoisotopic (exact) mass is 398 g/mol. The molecule has 28 heavy (non-hydrogen) atoms. The zero-order chi connectivity index (χ0) is 20.1. The fourth-order valence-electron chi connectivity index (χ4n) is 3.29. The van der Waals surface area contributed by atoms with Gasteiger partial charge in [-0.3, -0.25) is 4.90 Å². The van der Waals surface area contributed by atoms with E-state index in [1.807, 2.05) is 18.2 Å². The van der Waals surface area contributed by atoms with E-state index in [0.29, 0.717) is 0 Å². The second-order valence-corrected chi connectivity index (χ2v) is 8.42. The standard InChI is InChI=1S/C22H27FN4S/c1-5-20(26(3)4)21-24-25-22(27(21)15-17-9-7-6-8-10-17)28-16(2)18-11-13-19(23)14-12-18/h6-14,16,20H,5,15H2,1-4H3/t16-,20-/m1/s1. The molecule has 2 aromatic carbocycles. The number of halogens is 1. The Bertz CT molecular complexity index is 877. The van der Waals surface area contributed by atoms with Gasteiger partial charge in [0.1, 0.15) is 5.82 Å².